The Balaban J connectivity index is 1.97. The molecule has 0 spiro atoms. The van der Waals surface area contributed by atoms with Gasteiger partial charge in [0.2, 0.25) is 0 Å². The summed E-state index contributed by atoms with van der Waals surface area (Å²) in [6, 6.07) is 7.90. The van der Waals surface area contributed by atoms with Crippen LogP contribution in [0.25, 0.3) is 0 Å². The first-order valence-corrected chi connectivity index (χ1v) is 6.98. The van der Waals surface area contributed by atoms with Crippen molar-refractivity contribution in [3.05, 3.63) is 36.4 Å². The largest absolute Gasteiger partial charge is 0.399 e. The van der Waals surface area contributed by atoms with E-state index in [0.29, 0.717) is 5.92 Å². The summed E-state index contributed by atoms with van der Waals surface area (Å²) >= 11 is 1.75. The van der Waals surface area contributed by atoms with Gasteiger partial charge in [-0.25, -0.2) is 9.67 Å². The molecule has 0 aliphatic carbocycles. The molecule has 18 heavy (non-hydrogen) atoms. The minimum absolute atomic E-state index is 0.576. The van der Waals surface area contributed by atoms with Crippen LogP contribution in [0.5, 0.6) is 0 Å². The minimum Gasteiger partial charge on any atom is -0.399 e. The van der Waals surface area contributed by atoms with Gasteiger partial charge in [-0.3, -0.25) is 0 Å². The number of nitrogens with two attached hydrogens (primary N) is 1. The molecule has 2 aromatic rings. The lowest BCUT2D eigenvalue weighted by Gasteiger charge is -2.08. The molecule has 0 bridgehead atoms. The van der Waals surface area contributed by atoms with Gasteiger partial charge in [-0.2, -0.15) is 5.10 Å². The summed E-state index contributed by atoms with van der Waals surface area (Å²) in [7, 11) is 0. The fraction of sp³-hybridized carbons (Fsp3) is 0.385. The Kier molecular flexibility index (Phi) is 4.25. The van der Waals surface area contributed by atoms with Crippen molar-refractivity contribution >= 4 is 17.4 Å². The second-order valence-corrected chi connectivity index (χ2v) is 5.66. The first-order valence-electron chi connectivity index (χ1n) is 6.00. The average Bonchev–Trinajstić information content (AvgIpc) is 2.75. The fourth-order valence-electron chi connectivity index (χ4n) is 1.61. The summed E-state index contributed by atoms with van der Waals surface area (Å²) in [4.78, 5) is 5.51. The lowest BCUT2D eigenvalue weighted by molar-refractivity contribution is 0.472. The van der Waals surface area contributed by atoms with Crippen LogP contribution in [0.2, 0.25) is 0 Å². The summed E-state index contributed by atoms with van der Waals surface area (Å²) in [6.07, 6.45) is 1.63. The first kappa shape index (κ1) is 13.0. The maximum Gasteiger partial charge on any atom is 0.138 e. The van der Waals surface area contributed by atoms with E-state index < -0.39 is 0 Å². The van der Waals surface area contributed by atoms with Crippen LogP contribution in [-0.2, 0) is 12.3 Å². The molecule has 0 unspecified atom stereocenters. The maximum atomic E-state index is 5.66. The summed E-state index contributed by atoms with van der Waals surface area (Å²) < 4.78 is 1.98. The molecular weight excluding hydrogens is 244 g/mol. The van der Waals surface area contributed by atoms with E-state index in [-0.39, 0.29) is 0 Å². The van der Waals surface area contributed by atoms with Crippen LogP contribution in [0.3, 0.4) is 0 Å². The van der Waals surface area contributed by atoms with Crippen molar-refractivity contribution < 1.29 is 0 Å². The smallest absolute Gasteiger partial charge is 0.138 e. The Hall–Kier alpha value is -1.49. The zero-order chi connectivity index (χ0) is 13.0. The van der Waals surface area contributed by atoms with E-state index in [4.69, 9.17) is 5.73 Å². The normalized spacial score (nSPS) is 11.1. The third kappa shape index (κ3) is 3.50. The molecule has 0 aliphatic heterocycles. The number of rotatable bonds is 5. The number of nitrogens with zero attached hydrogens (tertiary/aromatic N) is 3. The third-order valence-electron chi connectivity index (χ3n) is 2.48. The molecule has 0 fully saturated rings. The molecule has 1 heterocycles. The molecule has 0 atom stereocenters. The van der Waals surface area contributed by atoms with Crippen molar-refractivity contribution in [3.63, 3.8) is 0 Å². The van der Waals surface area contributed by atoms with Gasteiger partial charge >= 0.3 is 0 Å². The molecule has 0 radical (unpaired) electrons. The maximum absolute atomic E-state index is 5.66. The number of thioether (sulfide) groups is 1. The van der Waals surface area contributed by atoms with Crippen LogP contribution in [0, 0.1) is 5.92 Å². The Bertz CT molecular complexity index is 490. The van der Waals surface area contributed by atoms with Crippen molar-refractivity contribution in [3.8, 4) is 0 Å². The van der Waals surface area contributed by atoms with Crippen molar-refractivity contribution in [2.45, 2.75) is 31.0 Å². The Morgan fingerprint density at radius 3 is 2.67 bits per heavy atom. The van der Waals surface area contributed by atoms with Crippen LogP contribution in [0.4, 0.5) is 5.69 Å². The van der Waals surface area contributed by atoms with Crippen LogP contribution in [0.15, 0.2) is 35.5 Å². The van der Waals surface area contributed by atoms with E-state index >= 15 is 0 Å². The van der Waals surface area contributed by atoms with E-state index in [1.54, 1.807) is 18.1 Å². The Labute approximate surface area is 112 Å². The van der Waals surface area contributed by atoms with E-state index in [2.05, 4.69) is 23.9 Å². The number of nitrogen functional groups attached to an aromatic ring is 1. The molecule has 0 saturated heterocycles. The number of aromatic nitrogens is 3. The topological polar surface area (TPSA) is 56.7 Å². The molecule has 0 aliphatic rings. The second-order valence-electron chi connectivity index (χ2n) is 4.61. The van der Waals surface area contributed by atoms with E-state index in [0.717, 1.165) is 23.8 Å². The van der Waals surface area contributed by atoms with Gasteiger partial charge in [0.1, 0.15) is 12.2 Å². The van der Waals surface area contributed by atoms with Crippen LogP contribution in [0.1, 0.15) is 19.7 Å². The molecular formula is C13H18N4S. The molecule has 4 nitrogen and oxygen atoms in total. The molecule has 5 heteroatoms. The van der Waals surface area contributed by atoms with E-state index in [1.165, 1.54) is 4.90 Å². The van der Waals surface area contributed by atoms with Crippen LogP contribution in [-0.4, -0.2) is 14.8 Å². The molecule has 1 aromatic heterocycles. The predicted octanol–water partition coefficient (Wildman–Crippen LogP) is 2.81. The molecule has 96 valence electrons. The summed E-state index contributed by atoms with van der Waals surface area (Å²) in [5, 5.41) is 4.25. The van der Waals surface area contributed by atoms with Gasteiger partial charge in [0.05, 0.1) is 5.75 Å². The van der Waals surface area contributed by atoms with Crippen LogP contribution >= 0.6 is 11.8 Å². The standard InChI is InChI=1S/C13H18N4S/c1-10(2)7-17-13(15-9-16-17)8-18-12-5-3-11(14)4-6-12/h3-6,9-10H,7-8,14H2,1-2H3. The highest BCUT2D eigenvalue weighted by Crippen LogP contribution is 2.22. The Morgan fingerprint density at radius 1 is 1.28 bits per heavy atom. The highest BCUT2D eigenvalue weighted by Gasteiger charge is 2.06. The monoisotopic (exact) mass is 262 g/mol. The van der Waals surface area contributed by atoms with Crippen molar-refractivity contribution in [1.29, 1.82) is 0 Å². The van der Waals surface area contributed by atoms with Crippen molar-refractivity contribution in [2.24, 2.45) is 5.92 Å². The van der Waals surface area contributed by atoms with Gasteiger partial charge < -0.3 is 5.73 Å². The third-order valence-corrected chi connectivity index (χ3v) is 3.49. The number of hydrogen-bond donors (Lipinski definition) is 1. The zero-order valence-corrected chi connectivity index (χ0v) is 11.5. The predicted molar refractivity (Wildman–Crippen MR) is 75.3 cm³/mol. The second kappa shape index (κ2) is 5.91. The highest BCUT2D eigenvalue weighted by molar-refractivity contribution is 7.98. The van der Waals surface area contributed by atoms with E-state index in [1.807, 2.05) is 28.9 Å². The lowest BCUT2D eigenvalue weighted by atomic mass is 10.2. The zero-order valence-electron chi connectivity index (χ0n) is 10.7. The van der Waals surface area contributed by atoms with Crippen LogP contribution < -0.4 is 5.73 Å². The number of anilines is 1. The summed E-state index contributed by atoms with van der Waals surface area (Å²) in [5.74, 6) is 2.42. The molecule has 1 aromatic carbocycles. The highest BCUT2D eigenvalue weighted by atomic mass is 32.2. The van der Waals surface area contributed by atoms with Crippen molar-refractivity contribution in [2.75, 3.05) is 5.73 Å². The lowest BCUT2D eigenvalue weighted by Crippen LogP contribution is -2.09. The van der Waals surface area contributed by atoms with Gasteiger partial charge in [0.25, 0.3) is 0 Å². The minimum atomic E-state index is 0.576. The van der Waals surface area contributed by atoms with E-state index in [9.17, 15) is 0 Å². The summed E-state index contributed by atoms with van der Waals surface area (Å²) in [5.41, 5.74) is 6.45. The number of hydrogen-bond acceptors (Lipinski definition) is 4. The Morgan fingerprint density at radius 2 is 2.00 bits per heavy atom. The van der Waals surface area contributed by atoms with Gasteiger partial charge in [-0.1, -0.05) is 13.8 Å². The molecule has 2 rings (SSSR count). The van der Waals surface area contributed by atoms with Crippen molar-refractivity contribution in [1.82, 2.24) is 14.8 Å². The average molecular weight is 262 g/mol. The SMILES string of the molecule is CC(C)Cn1ncnc1CSc1ccc(N)cc1. The first-order chi connectivity index (χ1) is 8.65. The molecule has 0 saturated carbocycles. The van der Waals surface area contributed by atoms with Gasteiger partial charge in [-0.15, -0.1) is 11.8 Å². The quantitative estimate of drug-likeness (QED) is 0.665. The summed E-state index contributed by atoms with van der Waals surface area (Å²) in [6.45, 7) is 5.27. The van der Waals surface area contributed by atoms with Gasteiger partial charge in [0, 0.05) is 17.1 Å². The number of benzene rings is 1. The fourth-order valence-corrected chi connectivity index (χ4v) is 2.46. The van der Waals surface area contributed by atoms with Gasteiger partial charge in [-0.05, 0) is 30.2 Å². The van der Waals surface area contributed by atoms with Gasteiger partial charge in [0.15, 0.2) is 0 Å². The molecule has 2 N–H and O–H groups in total. The molecule has 0 amide bonds.